The maximum Gasteiger partial charge on any atom is 0.242 e. The first-order valence-electron chi connectivity index (χ1n) is 6.30. The van der Waals surface area contributed by atoms with Crippen LogP contribution in [0.15, 0.2) is 36.7 Å². The average Bonchev–Trinajstić information content (AvgIpc) is 2.88. The monoisotopic (exact) mass is 258 g/mol. The van der Waals surface area contributed by atoms with Crippen molar-refractivity contribution in [1.29, 1.82) is 0 Å². The van der Waals surface area contributed by atoms with E-state index < -0.39 is 0 Å². The van der Waals surface area contributed by atoms with Gasteiger partial charge in [-0.05, 0) is 38.1 Å². The molecule has 1 heterocycles. The Morgan fingerprint density at radius 2 is 2.11 bits per heavy atom. The molecule has 0 aliphatic heterocycles. The van der Waals surface area contributed by atoms with Crippen molar-refractivity contribution in [1.82, 2.24) is 14.9 Å². The lowest BCUT2D eigenvalue weighted by Crippen LogP contribution is -2.30. The number of likely N-dealkylation sites (N-methyl/N-ethyl adjacent to an activating group) is 1. The third kappa shape index (κ3) is 2.76. The van der Waals surface area contributed by atoms with Crippen molar-refractivity contribution in [2.75, 3.05) is 12.3 Å². The topological polar surface area (TPSA) is 72.9 Å². The van der Waals surface area contributed by atoms with Gasteiger partial charge in [-0.25, -0.2) is 4.98 Å². The molecule has 1 aromatic heterocycles. The Morgan fingerprint density at radius 3 is 2.74 bits per heavy atom. The first kappa shape index (κ1) is 13.1. The van der Waals surface area contributed by atoms with Gasteiger partial charge in [-0.15, -0.1) is 0 Å². The Labute approximate surface area is 112 Å². The Hall–Kier alpha value is -2.30. The predicted octanol–water partition coefficient (Wildman–Crippen LogP) is 1.83. The van der Waals surface area contributed by atoms with Crippen molar-refractivity contribution in [3.63, 3.8) is 0 Å². The van der Waals surface area contributed by atoms with Gasteiger partial charge in [0.1, 0.15) is 11.9 Å². The molecule has 100 valence electrons. The summed E-state index contributed by atoms with van der Waals surface area (Å²) in [6.07, 6.45) is 3.51. The number of nitrogens with one attached hydrogen (secondary N) is 1. The Morgan fingerprint density at radius 1 is 1.42 bits per heavy atom. The van der Waals surface area contributed by atoms with Crippen LogP contribution in [0.1, 0.15) is 19.9 Å². The summed E-state index contributed by atoms with van der Waals surface area (Å²) in [5, 5.41) is 2.81. The smallest absolute Gasteiger partial charge is 0.242 e. The molecule has 1 unspecified atom stereocenters. The SMILES string of the molecule is CCNC(=O)C(C)n1ccnc1-c1ccc(N)cc1. The molecule has 2 aromatic rings. The highest BCUT2D eigenvalue weighted by atomic mass is 16.2. The van der Waals surface area contributed by atoms with Crippen LogP contribution >= 0.6 is 0 Å². The Kier molecular flexibility index (Phi) is 3.85. The number of rotatable bonds is 4. The summed E-state index contributed by atoms with van der Waals surface area (Å²) in [4.78, 5) is 16.2. The molecule has 19 heavy (non-hydrogen) atoms. The number of aromatic nitrogens is 2. The predicted molar refractivity (Wildman–Crippen MR) is 75.5 cm³/mol. The van der Waals surface area contributed by atoms with E-state index in [9.17, 15) is 4.79 Å². The van der Waals surface area contributed by atoms with Gasteiger partial charge >= 0.3 is 0 Å². The lowest BCUT2D eigenvalue weighted by atomic mass is 10.2. The van der Waals surface area contributed by atoms with Crippen LogP contribution in [0.4, 0.5) is 5.69 Å². The number of imidazole rings is 1. The van der Waals surface area contributed by atoms with E-state index in [-0.39, 0.29) is 11.9 Å². The van der Waals surface area contributed by atoms with Crippen molar-refractivity contribution in [3.05, 3.63) is 36.7 Å². The molecule has 0 bridgehead atoms. The van der Waals surface area contributed by atoms with Gasteiger partial charge in [0.25, 0.3) is 0 Å². The van der Waals surface area contributed by atoms with Crippen molar-refractivity contribution in [2.45, 2.75) is 19.9 Å². The van der Waals surface area contributed by atoms with Crippen LogP contribution in [-0.2, 0) is 4.79 Å². The van der Waals surface area contributed by atoms with E-state index in [0.29, 0.717) is 12.2 Å². The average molecular weight is 258 g/mol. The summed E-state index contributed by atoms with van der Waals surface area (Å²) in [5.74, 6) is 0.746. The number of nitrogens with zero attached hydrogens (tertiary/aromatic N) is 2. The summed E-state index contributed by atoms with van der Waals surface area (Å²) >= 11 is 0. The number of hydrogen-bond donors (Lipinski definition) is 2. The zero-order chi connectivity index (χ0) is 13.8. The Bertz CT molecular complexity index is 559. The normalized spacial score (nSPS) is 12.1. The fourth-order valence-electron chi connectivity index (χ4n) is 1.93. The zero-order valence-corrected chi connectivity index (χ0v) is 11.1. The third-order valence-electron chi connectivity index (χ3n) is 2.99. The molecule has 3 N–H and O–H groups in total. The minimum atomic E-state index is -0.296. The van der Waals surface area contributed by atoms with Gasteiger partial charge in [-0.3, -0.25) is 4.79 Å². The van der Waals surface area contributed by atoms with Crippen molar-refractivity contribution in [3.8, 4) is 11.4 Å². The maximum atomic E-state index is 11.9. The van der Waals surface area contributed by atoms with Gasteiger partial charge in [-0.1, -0.05) is 0 Å². The molecule has 0 saturated carbocycles. The largest absolute Gasteiger partial charge is 0.399 e. The van der Waals surface area contributed by atoms with Crippen LogP contribution in [0.2, 0.25) is 0 Å². The van der Waals surface area contributed by atoms with Gasteiger partial charge in [0.05, 0.1) is 0 Å². The highest BCUT2D eigenvalue weighted by molar-refractivity contribution is 5.80. The first-order valence-corrected chi connectivity index (χ1v) is 6.30. The van der Waals surface area contributed by atoms with Gasteiger partial charge in [-0.2, -0.15) is 0 Å². The molecular weight excluding hydrogens is 240 g/mol. The van der Waals surface area contributed by atoms with Gasteiger partial charge in [0.15, 0.2) is 0 Å². The van der Waals surface area contributed by atoms with Crippen LogP contribution in [0.25, 0.3) is 11.4 Å². The molecule has 1 aromatic carbocycles. The molecule has 0 spiro atoms. The number of nitrogens with two attached hydrogens (primary N) is 1. The minimum Gasteiger partial charge on any atom is -0.399 e. The van der Waals surface area contributed by atoms with Gasteiger partial charge in [0, 0.05) is 30.2 Å². The second-order valence-electron chi connectivity index (χ2n) is 4.35. The van der Waals surface area contributed by atoms with E-state index in [1.54, 1.807) is 6.20 Å². The third-order valence-corrected chi connectivity index (χ3v) is 2.99. The Balaban J connectivity index is 2.32. The number of nitrogen functional groups attached to an aromatic ring is 1. The second kappa shape index (κ2) is 5.56. The van der Waals surface area contributed by atoms with Gasteiger partial charge < -0.3 is 15.6 Å². The number of carbonyl (C=O) groups excluding carboxylic acids is 1. The van der Waals surface area contributed by atoms with Crippen LogP contribution in [0, 0.1) is 0 Å². The molecule has 1 amide bonds. The van der Waals surface area contributed by atoms with E-state index in [2.05, 4.69) is 10.3 Å². The van der Waals surface area contributed by atoms with E-state index in [1.165, 1.54) is 0 Å². The molecule has 5 nitrogen and oxygen atoms in total. The molecule has 0 saturated heterocycles. The lowest BCUT2D eigenvalue weighted by Gasteiger charge is -2.15. The van der Waals surface area contributed by atoms with E-state index in [0.717, 1.165) is 11.4 Å². The van der Waals surface area contributed by atoms with Crippen LogP contribution in [-0.4, -0.2) is 22.0 Å². The molecule has 5 heteroatoms. The number of anilines is 1. The van der Waals surface area contributed by atoms with Crippen LogP contribution < -0.4 is 11.1 Å². The molecular formula is C14H18N4O. The van der Waals surface area contributed by atoms with Crippen LogP contribution in [0.5, 0.6) is 0 Å². The minimum absolute atomic E-state index is 0.0165. The number of carbonyl (C=O) groups is 1. The maximum absolute atomic E-state index is 11.9. The highest BCUT2D eigenvalue weighted by Gasteiger charge is 2.17. The molecule has 0 radical (unpaired) electrons. The number of benzene rings is 1. The number of amides is 1. The fraction of sp³-hybridized carbons (Fsp3) is 0.286. The zero-order valence-electron chi connectivity index (χ0n) is 11.1. The van der Waals surface area contributed by atoms with Crippen molar-refractivity contribution < 1.29 is 4.79 Å². The quantitative estimate of drug-likeness (QED) is 0.822. The van der Waals surface area contributed by atoms with E-state index in [1.807, 2.05) is 48.9 Å². The highest BCUT2D eigenvalue weighted by Crippen LogP contribution is 2.22. The molecule has 1 atom stereocenters. The molecule has 0 aliphatic rings. The van der Waals surface area contributed by atoms with E-state index >= 15 is 0 Å². The van der Waals surface area contributed by atoms with E-state index in [4.69, 9.17) is 5.73 Å². The lowest BCUT2D eigenvalue weighted by molar-refractivity contribution is -0.123. The molecule has 0 fully saturated rings. The molecule has 2 rings (SSSR count). The van der Waals surface area contributed by atoms with Crippen LogP contribution in [0.3, 0.4) is 0 Å². The summed E-state index contributed by atoms with van der Waals surface area (Å²) in [7, 11) is 0. The number of hydrogen-bond acceptors (Lipinski definition) is 3. The second-order valence-corrected chi connectivity index (χ2v) is 4.35. The summed E-state index contributed by atoms with van der Waals surface area (Å²) in [5.41, 5.74) is 7.32. The first-order chi connectivity index (χ1) is 9.13. The summed E-state index contributed by atoms with van der Waals surface area (Å²) in [6.45, 7) is 4.38. The summed E-state index contributed by atoms with van der Waals surface area (Å²) in [6, 6.07) is 7.16. The van der Waals surface area contributed by atoms with Crippen molar-refractivity contribution >= 4 is 11.6 Å². The standard InChI is InChI=1S/C14H18N4O/c1-3-16-14(19)10(2)18-9-8-17-13(18)11-4-6-12(15)7-5-11/h4-10H,3,15H2,1-2H3,(H,16,19). The molecule has 0 aliphatic carbocycles. The summed E-state index contributed by atoms with van der Waals surface area (Å²) < 4.78 is 1.86. The van der Waals surface area contributed by atoms with Gasteiger partial charge in [0.2, 0.25) is 5.91 Å². The fourth-order valence-corrected chi connectivity index (χ4v) is 1.93. The van der Waals surface area contributed by atoms with Crippen molar-refractivity contribution in [2.24, 2.45) is 0 Å².